The molecule has 0 unspecified atom stereocenters. The molecule has 0 saturated heterocycles. The first-order chi connectivity index (χ1) is 42.4. The summed E-state index contributed by atoms with van der Waals surface area (Å²) in [6.07, 6.45) is 1.82. The molecule has 15 heteroatoms. The van der Waals surface area contributed by atoms with Crippen molar-refractivity contribution < 1.29 is 19.5 Å². The van der Waals surface area contributed by atoms with Gasteiger partial charge in [-0.05, 0) is 116 Å². The standard InChI is InChI=1S/C74H76N12Si2.Zn/c1-15-35-85-63-41-59-57(39-61(63)75-73(85)51-29-25-49(26-30-51)33-37-87(43(3)4,44(5)6)45(7)8)69-79-65-53-21-17-18-22-54(53)66(77-65)80-70-58-40-62-64(42-60(58)72(84-70)82-68-56-24-20-19-23-55(56)67(78-68)81-71(59)83-69)86(36-16-2)74(76-62)52-31-27-50(28-32-52)34-38-88(46(9)10,47(11)12)48(13)14;/h17-32,39-48H,15-16,35-36H2,1-14H3;/q-2;+2. The van der Waals surface area contributed by atoms with Crippen molar-refractivity contribution in [3.63, 3.8) is 0 Å². The molecule has 12 nitrogen and oxygen atoms in total. The van der Waals surface area contributed by atoms with Crippen LogP contribution in [-0.4, -0.2) is 65.2 Å². The second-order valence-corrected chi connectivity index (χ2v) is 37.1. The molecule has 0 radical (unpaired) electrons. The van der Waals surface area contributed by atoms with Crippen LogP contribution in [0.2, 0.25) is 33.2 Å². The molecular weight excluding hydrogens is 1180 g/mol. The number of aryl methyl sites for hydroxylation is 2. The van der Waals surface area contributed by atoms with Crippen molar-refractivity contribution in [2.24, 2.45) is 0 Å². The van der Waals surface area contributed by atoms with Crippen LogP contribution in [0, 0.1) is 22.9 Å². The number of aromatic nitrogens is 12. The third-order valence-electron chi connectivity index (χ3n) is 19.0. The van der Waals surface area contributed by atoms with E-state index >= 15 is 0 Å². The SMILES string of the molecule is CCCn1c(-c2ccc(C#C[Si](C(C)C)(C(C)C)C(C)C)cc2)nc2cc3c4nc5nc(nc6[n-]c(nc7nc(nc([n-]4)c3cc21)-c1ccccc1-7)c1cc2c(cc61)nc(-c1ccc(C#C[Si](C(C)C)(C(C)C)C(C)C)cc1)n2CCC)-c1ccccc1-5.[Zn+2]. The van der Waals surface area contributed by atoms with E-state index in [4.69, 9.17) is 49.8 Å². The molecule has 0 N–H and O–H groups in total. The minimum Gasteiger partial charge on any atom is -0.357 e. The average molecular weight is 1260 g/mol. The summed E-state index contributed by atoms with van der Waals surface area (Å²) in [5.41, 5.74) is 24.2. The van der Waals surface area contributed by atoms with Gasteiger partial charge in [-0.3, -0.25) is 0 Å². The van der Waals surface area contributed by atoms with Crippen LogP contribution < -0.4 is 9.97 Å². The molecule has 7 heterocycles. The first kappa shape index (κ1) is 61.1. The predicted octanol–water partition coefficient (Wildman–Crippen LogP) is 18.1. The molecule has 2 aliphatic heterocycles. The van der Waals surface area contributed by atoms with Crippen LogP contribution in [0.4, 0.5) is 0 Å². The van der Waals surface area contributed by atoms with E-state index in [1.165, 1.54) is 0 Å². The zero-order chi connectivity index (χ0) is 61.5. The average Bonchev–Trinajstić information content (AvgIpc) is 1.75. The molecule has 6 aromatic carbocycles. The summed E-state index contributed by atoms with van der Waals surface area (Å²) in [5.74, 6) is 11.1. The minimum absolute atomic E-state index is 0. The van der Waals surface area contributed by atoms with Gasteiger partial charge in [0, 0.05) is 80.2 Å². The monoisotopic (exact) mass is 1250 g/mol. The zero-order valence-electron chi connectivity index (χ0n) is 53.9. The van der Waals surface area contributed by atoms with Gasteiger partial charge in [-0.2, -0.15) is 0 Å². The third kappa shape index (κ3) is 10.4. The Kier molecular flexibility index (Phi) is 16.4. The van der Waals surface area contributed by atoms with Gasteiger partial charge in [0.05, 0.1) is 45.4 Å². The molecule has 13 rings (SSSR count). The van der Waals surface area contributed by atoms with E-state index in [2.05, 4.69) is 202 Å². The van der Waals surface area contributed by atoms with Crippen molar-refractivity contribution in [2.45, 2.75) is 156 Å². The summed E-state index contributed by atoms with van der Waals surface area (Å²) in [7, 11) is -3.81. The minimum atomic E-state index is -1.91. The van der Waals surface area contributed by atoms with E-state index in [0.717, 1.165) is 126 Å². The second kappa shape index (κ2) is 24.0. The molecule has 0 spiro atoms. The number of imidazole rings is 2. The van der Waals surface area contributed by atoms with Crippen LogP contribution in [-0.2, 0) is 32.6 Å². The number of nitrogens with zero attached hydrogens (tertiary/aromatic N) is 12. The molecular formula is C74H76N12Si2Zn. The summed E-state index contributed by atoms with van der Waals surface area (Å²) in [6.45, 7) is 34.3. The first-order valence-electron chi connectivity index (χ1n) is 31.7. The van der Waals surface area contributed by atoms with Crippen LogP contribution in [0.25, 0.3) is 135 Å². The van der Waals surface area contributed by atoms with E-state index in [-0.39, 0.29) is 19.5 Å². The molecule has 8 bridgehead atoms. The molecule has 442 valence electrons. The van der Waals surface area contributed by atoms with Crippen molar-refractivity contribution in [3.05, 3.63) is 132 Å². The Morgan fingerprint density at radius 1 is 0.382 bits per heavy atom. The molecule has 11 aromatic rings. The number of benzene rings is 6. The van der Waals surface area contributed by atoms with Gasteiger partial charge in [-0.1, -0.05) is 182 Å². The molecule has 0 amide bonds. The Hall–Kier alpha value is -8.20. The molecule has 89 heavy (non-hydrogen) atoms. The Bertz CT molecular complexity index is 4540. The van der Waals surface area contributed by atoms with Crippen molar-refractivity contribution in [2.75, 3.05) is 0 Å². The van der Waals surface area contributed by atoms with Gasteiger partial charge in [0.25, 0.3) is 0 Å². The van der Waals surface area contributed by atoms with Gasteiger partial charge in [0.1, 0.15) is 27.8 Å². The molecule has 0 saturated carbocycles. The van der Waals surface area contributed by atoms with Crippen LogP contribution in [0.1, 0.15) is 121 Å². The fourth-order valence-corrected chi connectivity index (χ4v) is 25.2. The second-order valence-electron chi connectivity index (χ2n) is 26.0. The Morgan fingerprint density at radius 3 is 0.955 bits per heavy atom. The van der Waals surface area contributed by atoms with E-state index in [1.54, 1.807) is 0 Å². The number of hydrogen-bond acceptors (Lipinski definition) is 8. The number of fused-ring (bicyclic) bond motifs is 22. The van der Waals surface area contributed by atoms with Gasteiger partial charge in [-0.15, -0.1) is 11.1 Å². The molecule has 0 fully saturated rings. The largest absolute Gasteiger partial charge is 2.00 e. The quantitative estimate of drug-likeness (QED) is 0.0857. The van der Waals surface area contributed by atoms with Crippen LogP contribution in [0.5, 0.6) is 0 Å². The summed E-state index contributed by atoms with van der Waals surface area (Å²) in [5, 5.41) is 3.27. The van der Waals surface area contributed by atoms with Gasteiger partial charge in [-0.25, -0.2) is 19.9 Å². The van der Waals surface area contributed by atoms with E-state index < -0.39 is 16.1 Å². The Balaban J connectivity index is 0.00000769. The number of hydrogen-bond donors (Lipinski definition) is 0. The van der Waals surface area contributed by atoms with Crippen molar-refractivity contribution >= 4 is 82.3 Å². The van der Waals surface area contributed by atoms with Gasteiger partial charge < -0.3 is 39.0 Å². The maximum absolute atomic E-state index is 5.39. The zero-order valence-corrected chi connectivity index (χ0v) is 58.9. The molecule has 2 aliphatic rings. The third-order valence-corrected chi connectivity index (χ3v) is 31.6. The normalized spacial score (nSPS) is 12.4. The first-order valence-corrected chi connectivity index (χ1v) is 36.1. The van der Waals surface area contributed by atoms with Crippen molar-refractivity contribution in [1.29, 1.82) is 0 Å². The summed E-state index contributed by atoms with van der Waals surface area (Å²) in [4.78, 5) is 53.2. The van der Waals surface area contributed by atoms with E-state index in [9.17, 15) is 0 Å². The maximum Gasteiger partial charge on any atom is 2.00 e. The maximum atomic E-state index is 5.39. The smallest absolute Gasteiger partial charge is 0.357 e. The topological polar surface area (TPSA) is 141 Å². The summed E-state index contributed by atoms with van der Waals surface area (Å²) in [6, 6.07) is 42.1. The van der Waals surface area contributed by atoms with Gasteiger partial charge in [0.15, 0.2) is 0 Å². The summed E-state index contributed by atoms with van der Waals surface area (Å²) < 4.78 is 4.64. The van der Waals surface area contributed by atoms with Crippen LogP contribution in [0.3, 0.4) is 0 Å². The van der Waals surface area contributed by atoms with Crippen molar-refractivity contribution in [1.82, 2.24) is 59.0 Å². The Labute approximate surface area is 537 Å². The van der Waals surface area contributed by atoms with Gasteiger partial charge >= 0.3 is 19.5 Å². The Morgan fingerprint density at radius 2 is 0.674 bits per heavy atom. The van der Waals surface area contributed by atoms with Crippen LogP contribution in [0.15, 0.2) is 121 Å². The summed E-state index contributed by atoms with van der Waals surface area (Å²) >= 11 is 0. The van der Waals surface area contributed by atoms with Crippen LogP contribution >= 0.6 is 0 Å². The molecule has 0 atom stereocenters. The van der Waals surface area contributed by atoms with E-state index in [1.807, 2.05) is 48.5 Å². The molecule has 5 aromatic heterocycles. The van der Waals surface area contributed by atoms with Gasteiger partial charge in [0.2, 0.25) is 0 Å². The van der Waals surface area contributed by atoms with E-state index in [0.29, 0.717) is 79.1 Å². The fourth-order valence-electron chi connectivity index (χ4n) is 14.8. The fraction of sp³-hybridized carbons (Fsp3) is 0.324. The predicted molar refractivity (Wildman–Crippen MR) is 368 cm³/mol. The van der Waals surface area contributed by atoms with Crippen molar-refractivity contribution in [3.8, 4) is 91.3 Å². The number of rotatable bonds is 12. The molecule has 0 aliphatic carbocycles.